The van der Waals surface area contributed by atoms with E-state index in [1.807, 2.05) is 0 Å². The van der Waals surface area contributed by atoms with Gasteiger partial charge in [-0.3, -0.25) is 9.80 Å². The molecule has 0 aromatic carbocycles. The average Bonchev–Trinajstić information content (AvgIpc) is 2.83. The van der Waals surface area contributed by atoms with Crippen LogP contribution < -0.4 is 5.11 Å². The number of carbonyl (C=O) groups is 2. The van der Waals surface area contributed by atoms with E-state index in [2.05, 4.69) is 4.90 Å². The third-order valence-corrected chi connectivity index (χ3v) is 4.09. The van der Waals surface area contributed by atoms with E-state index in [0.717, 1.165) is 25.9 Å². The molecule has 0 N–H and O–H groups in total. The van der Waals surface area contributed by atoms with Crippen LogP contribution in [0.3, 0.4) is 0 Å². The zero-order valence-corrected chi connectivity index (χ0v) is 13.1. The lowest BCUT2D eigenvalue weighted by atomic mass is 10.1. The number of likely N-dealkylation sites (tertiary alicyclic amines) is 2. The summed E-state index contributed by atoms with van der Waals surface area (Å²) in [7, 11) is 0. The summed E-state index contributed by atoms with van der Waals surface area (Å²) < 4.78 is 5.32. The number of carboxylic acid groups (broad SMARTS) is 1. The lowest BCUT2D eigenvalue weighted by molar-refractivity contribution is -0.310. The van der Waals surface area contributed by atoms with Gasteiger partial charge >= 0.3 is 6.09 Å². The molecule has 0 radical (unpaired) electrons. The number of carboxylic acids is 1. The molecule has 2 atom stereocenters. The fraction of sp³-hybridized carbons (Fsp3) is 0.867. The van der Waals surface area contributed by atoms with Crippen LogP contribution in [0.4, 0.5) is 4.79 Å². The quantitative estimate of drug-likeness (QED) is 0.746. The van der Waals surface area contributed by atoms with Crippen molar-refractivity contribution in [3.63, 3.8) is 0 Å². The number of aliphatic carboxylic acids is 1. The first-order valence-corrected chi connectivity index (χ1v) is 7.72. The van der Waals surface area contributed by atoms with E-state index in [-0.39, 0.29) is 6.04 Å². The monoisotopic (exact) mass is 297 g/mol. The van der Waals surface area contributed by atoms with Gasteiger partial charge in [0.2, 0.25) is 0 Å². The maximum atomic E-state index is 12.2. The number of amides is 1. The van der Waals surface area contributed by atoms with E-state index in [1.165, 1.54) is 11.3 Å². The van der Waals surface area contributed by atoms with Gasteiger partial charge in [-0.05, 0) is 53.1 Å². The van der Waals surface area contributed by atoms with Crippen molar-refractivity contribution in [2.24, 2.45) is 0 Å². The van der Waals surface area contributed by atoms with Crippen LogP contribution in [0.5, 0.6) is 0 Å². The van der Waals surface area contributed by atoms with E-state index in [1.54, 1.807) is 20.8 Å². The van der Waals surface area contributed by atoms with Crippen LogP contribution in [0, 0.1) is 0 Å². The van der Waals surface area contributed by atoms with Crippen LogP contribution in [-0.2, 0) is 9.53 Å². The van der Waals surface area contributed by atoms with Crippen molar-refractivity contribution in [1.82, 2.24) is 9.80 Å². The first kappa shape index (κ1) is 16.1. The molecular weight excluding hydrogens is 272 g/mol. The van der Waals surface area contributed by atoms with Gasteiger partial charge in [0.25, 0.3) is 0 Å². The molecule has 0 spiro atoms. The van der Waals surface area contributed by atoms with Crippen LogP contribution in [0.25, 0.3) is 0 Å². The highest BCUT2D eigenvalue weighted by Gasteiger charge is 2.40. The predicted molar refractivity (Wildman–Crippen MR) is 75.6 cm³/mol. The largest absolute Gasteiger partial charge is 0.548 e. The van der Waals surface area contributed by atoms with Crippen LogP contribution in [0.1, 0.15) is 46.5 Å². The molecule has 0 aliphatic carbocycles. The molecule has 1 amide bonds. The SMILES string of the molecule is CC(C)(C)OC(=O)N1CC(N2CCCCC2)C[C@H]1C(=O)[O-]. The highest BCUT2D eigenvalue weighted by molar-refractivity contribution is 5.79. The minimum atomic E-state index is -1.19. The highest BCUT2D eigenvalue weighted by atomic mass is 16.6. The zero-order chi connectivity index (χ0) is 15.6. The molecule has 120 valence electrons. The van der Waals surface area contributed by atoms with Crippen LogP contribution >= 0.6 is 0 Å². The van der Waals surface area contributed by atoms with Gasteiger partial charge in [0.1, 0.15) is 5.60 Å². The van der Waals surface area contributed by atoms with Crippen molar-refractivity contribution in [2.45, 2.75) is 64.1 Å². The van der Waals surface area contributed by atoms with Gasteiger partial charge in [0, 0.05) is 12.6 Å². The molecule has 6 heteroatoms. The Bertz CT molecular complexity index is 399. The minimum Gasteiger partial charge on any atom is -0.548 e. The van der Waals surface area contributed by atoms with Crippen molar-refractivity contribution in [3.05, 3.63) is 0 Å². The van der Waals surface area contributed by atoms with Gasteiger partial charge in [-0.1, -0.05) is 6.42 Å². The summed E-state index contributed by atoms with van der Waals surface area (Å²) in [5.41, 5.74) is -0.628. The molecule has 21 heavy (non-hydrogen) atoms. The summed E-state index contributed by atoms with van der Waals surface area (Å²) in [6, 6.07) is -0.785. The topological polar surface area (TPSA) is 72.9 Å². The van der Waals surface area contributed by atoms with E-state index in [9.17, 15) is 14.7 Å². The van der Waals surface area contributed by atoms with Crippen molar-refractivity contribution in [3.8, 4) is 0 Å². The van der Waals surface area contributed by atoms with Crippen LogP contribution in [0.2, 0.25) is 0 Å². The Kier molecular flexibility index (Phi) is 4.76. The van der Waals surface area contributed by atoms with Crippen molar-refractivity contribution >= 4 is 12.1 Å². The van der Waals surface area contributed by atoms with Crippen LogP contribution in [0.15, 0.2) is 0 Å². The molecule has 0 saturated carbocycles. The second kappa shape index (κ2) is 6.22. The van der Waals surface area contributed by atoms with Crippen molar-refractivity contribution in [2.75, 3.05) is 19.6 Å². The molecule has 2 saturated heterocycles. The molecule has 2 fully saturated rings. The summed E-state index contributed by atoms with van der Waals surface area (Å²) in [5.74, 6) is -1.19. The number of hydrogen-bond donors (Lipinski definition) is 0. The Morgan fingerprint density at radius 2 is 1.76 bits per heavy atom. The van der Waals surface area contributed by atoms with E-state index in [0.29, 0.717) is 13.0 Å². The summed E-state index contributed by atoms with van der Waals surface area (Å²) in [6.07, 6.45) is 3.37. The average molecular weight is 297 g/mol. The molecule has 0 aromatic heterocycles. The molecule has 6 nitrogen and oxygen atoms in total. The third-order valence-electron chi connectivity index (χ3n) is 4.09. The smallest absolute Gasteiger partial charge is 0.410 e. The Balaban J connectivity index is 2.04. The van der Waals surface area contributed by atoms with Crippen molar-refractivity contribution in [1.29, 1.82) is 0 Å². The maximum Gasteiger partial charge on any atom is 0.410 e. The van der Waals surface area contributed by atoms with Gasteiger partial charge in [-0.25, -0.2) is 4.79 Å². The van der Waals surface area contributed by atoms with Crippen molar-refractivity contribution < 1.29 is 19.4 Å². The Morgan fingerprint density at radius 1 is 1.14 bits per heavy atom. The maximum absolute atomic E-state index is 12.2. The molecule has 2 aliphatic heterocycles. The standard InChI is InChI=1S/C15H26N2O4/c1-15(2,3)21-14(20)17-10-11(9-12(17)13(18)19)16-7-5-4-6-8-16/h11-12H,4-10H2,1-3H3,(H,18,19)/p-1/t11?,12-/m0/s1. The van der Waals surface area contributed by atoms with Gasteiger partial charge in [-0.15, -0.1) is 0 Å². The number of nitrogens with zero attached hydrogens (tertiary/aromatic N) is 2. The van der Waals surface area contributed by atoms with Gasteiger partial charge in [-0.2, -0.15) is 0 Å². The molecular formula is C15H25N2O4-. The summed E-state index contributed by atoms with van der Waals surface area (Å²) in [5, 5.41) is 11.3. The van der Waals surface area contributed by atoms with E-state index < -0.39 is 23.7 Å². The second-order valence-electron chi connectivity index (χ2n) is 6.95. The summed E-state index contributed by atoms with van der Waals surface area (Å²) >= 11 is 0. The van der Waals surface area contributed by atoms with E-state index >= 15 is 0 Å². The molecule has 0 bridgehead atoms. The lowest BCUT2D eigenvalue weighted by Gasteiger charge is -2.32. The number of carbonyl (C=O) groups excluding carboxylic acids is 2. The van der Waals surface area contributed by atoms with Gasteiger partial charge in [0.15, 0.2) is 0 Å². The lowest BCUT2D eigenvalue weighted by Crippen LogP contribution is -2.48. The second-order valence-corrected chi connectivity index (χ2v) is 6.95. The van der Waals surface area contributed by atoms with Gasteiger partial charge in [0.05, 0.1) is 12.0 Å². The Labute approximate surface area is 126 Å². The molecule has 2 rings (SSSR count). The molecule has 2 heterocycles. The molecule has 0 aromatic rings. The summed E-state index contributed by atoms with van der Waals surface area (Å²) in [6.45, 7) is 7.69. The Hall–Kier alpha value is -1.30. The number of rotatable bonds is 2. The predicted octanol–water partition coefficient (Wildman–Crippen LogP) is 0.600. The molecule has 2 aliphatic rings. The number of hydrogen-bond acceptors (Lipinski definition) is 5. The summed E-state index contributed by atoms with van der Waals surface area (Å²) in [4.78, 5) is 27.1. The zero-order valence-electron chi connectivity index (χ0n) is 13.1. The normalized spacial score (nSPS) is 27.7. The fourth-order valence-electron chi connectivity index (χ4n) is 3.11. The first-order chi connectivity index (χ1) is 9.78. The minimum absolute atomic E-state index is 0.0979. The van der Waals surface area contributed by atoms with Crippen LogP contribution in [-0.4, -0.2) is 59.2 Å². The fourth-order valence-corrected chi connectivity index (χ4v) is 3.11. The van der Waals surface area contributed by atoms with E-state index in [4.69, 9.17) is 4.74 Å². The van der Waals surface area contributed by atoms with Gasteiger partial charge < -0.3 is 14.6 Å². The third kappa shape index (κ3) is 4.09. The number of piperidine rings is 1. The molecule has 1 unspecified atom stereocenters. The highest BCUT2D eigenvalue weighted by Crippen LogP contribution is 2.26. The first-order valence-electron chi connectivity index (χ1n) is 7.72. The Morgan fingerprint density at radius 3 is 2.29 bits per heavy atom. The number of ether oxygens (including phenoxy) is 1.